The molecule has 0 bridgehead atoms. The zero-order valence-corrected chi connectivity index (χ0v) is 11.6. The van der Waals surface area contributed by atoms with E-state index in [-0.39, 0.29) is 0 Å². The molecule has 3 nitrogen and oxygen atoms in total. The molecule has 1 aromatic rings. The van der Waals surface area contributed by atoms with E-state index in [9.17, 15) is 0 Å². The van der Waals surface area contributed by atoms with E-state index in [2.05, 4.69) is 34.9 Å². The second kappa shape index (κ2) is 8.29. The fraction of sp³-hybridized carbons (Fsp3) is 0.786. The zero-order chi connectivity index (χ0) is 12.5. The van der Waals surface area contributed by atoms with E-state index in [1.165, 1.54) is 31.4 Å². The van der Waals surface area contributed by atoms with Gasteiger partial charge in [0.1, 0.15) is 0 Å². The maximum absolute atomic E-state index is 4.44. The number of nitrogens with one attached hydrogen (secondary N) is 1. The molecule has 98 valence electrons. The van der Waals surface area contributed by atoms with Crippen molar-refractivity contribution in [3.63, 3.8) is 0 Å². The lowest BCUT2D eigenvalue weighted by Gasteiger charge is -2.14. The van der Waals surface area contributed by atoms with E-state index >= 15 is 0 Å². The summed E-state index contributed by atoms with van der Waals surface area (Å²) in [6.07, 6.45) is 10.5. The van der Waals surface area contributed by atoms with Crippen LogP contribution in [0.2, 0.25) is 0 Å². The van der Waals surface area contributed by atoms with Crippen LogP contribution in [0.3, 0.4) is 0 Å². The molecule has 0 spiro atoms. The minimum absolute atomic E-state index is 0.807. The van der Waals surface area contributed by atoms with Crippen molar-refractivity contribution in [2.24, 2.45) is 5.92 Å². The molecular weight excluding hydrogens is 210 g/mol. The fourth-order valence-corrected chi connectivity index (χ4v) is 2.10. The van der Waals surface area contributed by atoms with Gasteiger partial charge in [0, 0.05) is 25.7 Å². The molecule has 0 aromatic carbocycles. The summed E-state index contributed by atoms with van der Waals surface area (Å²) >= 11 is 0. The molecule has 0 radical (unpaired) electrons. The maximum Gasteiger partial charge on any atom is 0.0949 e. The Bertz CT molecular complexity index is 293. The number of hydrogen-bond donors (Lipinski definition) is 1. The van der Waals surface area contributed by atoms with Crippen LogP contribution in [0.5, 0.6) is 0 Å². The summed E-state index contributed by atoms with van der Waals surface area (Å²) in [4.78, 5) is 4.44. The summed E-state index contributed by atoms with van der Waals surface area (Å²) < 4.78 is 2.26. The van der Waals surface area contributed by atoms with Crippen molar-refractivity contribution in [3.8, 4) is 0 Å². The summed E-state index contributed by atoms with van der Waals surface area (Å²) in [6.45, 7) is 6.69. The third-order valence-corrected chi connectivity index (χ3v) is 3.33. The number of aromatic nitrogens is 2. The highest BCUT2D eigenvalue weighted by Crippen LogP contribution is 2.15. The molecule has 0 aliphatic rings. The van der Waals surface area contributed by atoms with Crippen LogP contribution < -0.4 is 5.32 Å². The van der Waals surface area contributed by atoms with Crippen molar-refractivity contribution in [1.82, 2.24) is 14.9 Å². The number of imidazole rings is 1. The monoisotopic (exact) mass is 237 g/mol. The SMILES string of the molecule is CCCCC(CC)Cn1cnc(CCNC)c1. The van der Waals surface area contributed by atoms with Crippen LogP contribution in [-0.2, 0) is 13.0 Å². The topological polar surface area (TPSA) is 29.9 Å². The quantitative estimate of drug-likeness (QED) is 0.715. The van der Waals surface area contributed by atoms with Gasteiger partial charge in [-0.2, -0.15) is 0 Å². The molecule has 1 aromatic heterocycles. The van der Waals surface area contributed by atoms with Crippen LogP contribution >= 0.6 is 0 Å². The van der Waals surface area contributed by atoms with Crippen molar-refractivity contribution < 1.29 is 0 Å². The predicted molar refractivity (Wildman–Crippen MR) is 73.2 cm³/mol. The van der Waals surface area contributed by atoms with E-state index in [0.717, 1.165) is 25.4 Å². The van der Waals surface area contributed by atoms with Crippen molar-refractivity contribution in [3.05, 3.63) is 18.2 Å². The molecule has 0 fully saturated rings. The summed E-state index contributed by atoms with van der Waals surface area (Å²) in [5.41, 5.74) is 1.20. The molecule has 1 atom stereocenters. The molecule has 1 unspecified atom stereocenters. The Morgan fingerprint density at radius 2 is 2.24 bits per heavy atom. The molecule has 0 aliphatic heterocycles. The van der Waals surface area contributed by atoms with E-state index in [4.69, 9.17) is 0 Å². The van der Waals surface area contributed by atoms with Gasteiger partial charge in [0.2, 0.25) is 0 Å². The lowest BCUT2D eigenvalue weighted by Crippen LogP contribution is -2.11. The van der Waals surface area contributed by atoms with E-state index in [1.807, 2.05) is 13.4 Å². The molecule has 0 aliphatic carbocycles. The first kappa shape index (κ1) is 14.2. The minimum atomic E-state index is 0.807. The lowest BCUT2D eigenvalue weighted by atomic mass is 9.99. The average Bonchev–Trinajstić information content (AvgIpc) is 2.79. The van der Waals surface area contributed by atoms with Crippen LogP contribution in [0.1, 0.15) is 45.2 Å². The smallest absolute Gasteiger partial charge is 0.0949 e. The molecule has 1 heterocycles. The predicted octanol–water partition coefficient (Wildman–Crippen LogP) is 2.86. The van der Waals surface area contributed by atoms with Gasteiger partial charge in [-0.15, -0.1) is 0 Å². The van der Waals surface area contributed by atoms with Crippen LogP contribution in [0.15, 0.2) is 12.5 Å². The largest absolute Gasteiger partial charge is 0.337 e. The number of nitrogens with zero attached hydrogens (tertiary/aromatic N) is 2. The standard InChI is InChI=1S/C14H27N3/c1-4-6-7-13(5-2)10-17-11-14(16-12-17)8-9-15-3/h11-13,15H,4-10H2,1-3H3. The Hall–Kier alpha value is -0.830. The first-order valence-electron chi connectivity index (χ1n) is 6.95. The van der Waals surface area contributed by atoms with Gasteiger partial charge in [0.05, 0.1) is 12.0 Å². The highest BCUT2D eigenvalue weighted by Gasteiger charge is 2.07. The maximum atomic E-state index is 4.44. The Morgan fingerprint density at radius 3 is 2.88 bits per heavy atom. The molecule has 3 heteroatoms. The molecule has 17 heavy (non-hydrogen) atoms. The van der Waals surface area contributed by atoms with Gasteiger partial charge in [-0.05, 0) is 19.4 Å². The molecule has 0 saturated carbocycles. The first-order chi connectivity index (χ1) is 8.30. The summed E-state index contributed by atoms with van der Waals surface area (Å²) in [5, 5.41) is 3.16. The second-order valence-electron chi connectivity index (χ2n) is 4.83. The normalized spacial score (nSPS) is 12.9. The van der Waals surface area contributed by atoms with Gasteiger partial charge >= 0.3 is 0 Å². The lowest BCUT2D eigenvalue weighted by molar-refractivity contribution is 0.390. The van der Waals surface area contributed by atoms with Crippen LogP contribution in [0.25, 0.3) is 0 Å². The zero-order valence-electron chi connectivity index (χ0n) is 11.6. The Kier molecular flexibility index (Phi) is 6.94. The third kappa shape index (κ3) is 5.35. The summed E-state index contributed by atoms with van der Waals surface area (Å²) in [6, 6.07) is 0. The molecule has 1 rings (SSSR count). The number of unbranched alkanes of at least 4 members (excludes halogenated alkanes) is 1. The van der Waals surface area contributed by atoms with Crippen molar-refractivity contribution in [1.29, 1.82) is 0 Å². The molecule has 0 saturated heterocycles. The number of hydrogen-bond acceptors (Lipinski definition) is 2. The summed E-state index contributed by atoms with van der Waals surface area (Å²) in [7, 11) is 1.98. The van der Waals surface area contributed by atoms with Gasteiger partial charge in [0.25, 0.3) is 0 Å². The molecular formula is C14H27N3. The minimum Gasteiger partial charge on any atom is -0.337 e. The average molecular weight is 237 g/mol. The van der Waals surface area contributed by atoms with Gasteiger partial charge in [-0.25, -0.2) is 4.98 Å². The first-order valence-corrected chi connectivity index (χ1v) is 6.95. The number of likely N-dealkylation sites (N-methyl/N-ethyl adjacent to an activating group) is 1. The summed E-state index contributed by atoms with van der Waals surface area (Å²) in [5.74, 6) is 0.807. The van der Waals surface area contributed by atoms with Gasteiger partial charge < -0.3 is 9.88 Å². The van der Waals surface area contributed by atoms with Gasteiger partial charge in [0.15, 0.2) is 0 Å². The molecule has 1 N–H and O–H groups in total. The fourth-order valence-electron chi connectivity index (χ4n) is 2.10. The van der Waals surface area contributed by atoms with Crippen molar-refractivity contribution >= 4 is 0 Å². The molecule has 0 amide bonds. The van der Waals surface area contributed by atoms with Crippen LogP contribution in [0.4, 0.5) is 0 Å². The second-order valence-corrected chi connectivity index (χ2v) is 4.83. The Labute approximate surface area is 106 Å². The van der Waals surface area contributed by atoms with Gasteiger partial charge in [-0.1, -0.05) is 33.1 Å². The van der Waals surface area contributed by atoms with Gasteiger partial charge in [-0.3, -0.25) is 0 Å². The number of rotatable bonds is 9. The third-order valence-electron chi connectivity index (χ3n) is 3.33. The van der Waals surface area contributed by atoms with E-state index in [1.54, 1.807) is 0 Å². The van der Waals surface area contributed by atoms with Crippen molar-refractivity contribution in [2.75, 3.05) is 13.6 Å². The highest BCUT2D eigenvalue weighted by atomic mass is 15.0. The highest BCUT2D eigenvalue weighted by molar-refractivity contribution is 4.97. The van der Waals surface area contributed by atoms with Crippen molar-refractivity contribution in [2.45, 2.75) is 52.5 Å². The van der Waals surface area contributed by atoms with E-state index in [0.29, 0.717) is 0 Å². The Balaban J connectivity index is 2.40. The van der Waals surface area contributed by atoms with E-state index < -0.39 is 0 Å². The Morgan fingerprint density at radius 1 is 1.41 bits per heavy atom. The van der Waals surface area contributed by atoms with Crippen LogP contribution in [0, 0.1) is 5.92 Å². The van der Waals surface area contributed by atoms with Crippen LogP contribution in [-0.4, -0.2) is 23.1 Å².